The Morgan fingerprint density at radius 3 is 2.70 bits per heavy atom. The van der Waals surface area contributed by atoms with E-state index in [1.165, 1.54) is 0 Å². The first-order valence-corrected chi connectivity index (χ1v) is 8.09. The zero-order chi connectivity index (χ0) is 16.4. The van der Waals surface area contributed by atoms with Crippen LogP contribution in [0, 0.1) is 6.92 Å². The first kappa shape index (κ1) is 15.8. The number of carbonyl (C=O) groups is 1. The highest BCUT2D eigenvalue weighted by Crippen LogP contribution is 2.27. The van der Waals surface area contributed by atoms with Gasteiger partial charge in [-0.25, -0.2) is 5.43 Å². The number of fused-ring (bicyclic) bond motifs is 1. The van der Waals surface area contributed by atoms with Crippen molar-refractivity contribution in [2.45, 2.75) is 6.92 Å². The van der Waals surface area contributed by atoms with Crippen molar-refractivity contribution in [2.24, 2.45) is 5.10 Å². The maximum absolute atomic E-state index is 12.3. The number of halogens is 2. The lowest BCUT2D eigenvalue weighted by Gasteiger charge is -1.99. The molecule has 2 aromatic carbocycles. The smallest absolute Gasteiger partial charge is 0.288 e. The quantitative estimate of drug-likeness (QED) is 0.496. The minimum absolute atomic E-state index is 0.303. The lowest BCUT2D eigenvalue weighted by atomic mass is 10.1. The summed E-state index contributed by atoms with van der Waals surface area (Å²) in [6, 6.07) is 13.2. The molecule has 3 aromatic rings. The number of hydrogen-bond donors (Lipinski definition) is 2. The van der Waals surface area contributed by atoms with Gasteiger partial charge >= 0.3 is 0 Å². The Bertz CT molecular complexity index is 900. The molecule has 4 nitrogen and oxygen atoms in total. The summed E-state index contributed by atoms with van der Waals surface area (Å²) in [5.41, 5.74) is 5.48. The van der Waals surface area contributed by atoms with Crippen LogP contribution in [-0.2, 0) is 0 Å². The molecule has 2 N–H and O–H groups in total. The van der Waals surface area contributed by atoms with E-state index in [-0.39, 0.29) is 5.91 Å². The van der Waals surface area contributed by atoms with Crippen LogP contribution in [0.1, 0.15) is 21.6 Å². The molecule has 0 fully saturated rings. The minimum Gasteiger partial charge on any atom is -0.349 e. The number of benzene rings is 2. The number of aryl methyl sites for hydroxylation is 1. The molecule has 0 aliphatic heterocycles. The average Bonchev–Trinajstić information content (AvgIpc) is 2.88. The molecule has 6 heteroatoms. The second-order valence-corrected chi connectivity index (χ2v) is 6.36. The third-order valence-corrected chi connectivity index (χ3v) is 4.36. The molecule has 0 saturated heterocycles. The molecule has 1 aromatic heterocycles. The van der Waals surface area contributed by atoms with Crippen molar-refractivity contribution in [3.63, 3.8) is 0 Å². The number of nitrogens with one attached hydrogen (secondary N) is 2. The van der Waals surface area contributed by atoms with E-state index in [0.29, 0.717) is 10.7 Å². The van der Waals surface area contributed by atoms with Gasteiger partial charge in [0.25, 0.3) is 5.91 Å². The molecule has 3 rings (SSSR count). The van der Waals surface area contributed by atoms with Gasteiger partial charge in [0.1, 0.15) is 5.69 Å². The fourth-order valence-electron chi connectivity index (χ4n) is 2.31. The molecule has 1 heterocycles. The van der Waals surface area contributed by atoms with Gasteiger partial charge in [-0.15, -0.1) is 0 Å². The third-order valence-electron chi connectivity index (χ3n) is 3.52. The van der Waals surface area contributed by atoms with Crippen LogP contribution < -0.4 is 5.43 Å². The molecule has 0 saturated carbocycles. The van der Waals surface area contributed by atoms with Crippen LogP contribution in [0.15, 0.2) is 52.0 Å². The van der Waals surface area contributed by atoms with Crippen molar-refractivity contribution in [2.75, 3.05) is 0 Å². The summed E-state index contributed by atoms with van der Waals surface area (Å²) >= 11 is 9.52. The Labute approximate surface area is 146 Å². The van der Waals surface area contributed by atoms with Crippen molar-refractivity contribution in [1.82, 2.24) is 10.4 Å². The van der Waals surface area contributed by atoms with E-state index in [0.717, 1.165) is 26.5 Å². The molecule has 0 atom stereocenters. The average molecular weight is 391 g/mol. The van der Waals surface area contributed by atoms with Crippen LogP contribution in [-0.4, -0.2) is 17.1 Å². The number of para-hydroxylation sites is 1. The number of nitrogens with zero attached hydrogens (tertiary/aromatic N) is 1. The number of H-pyrrole nitrogens is 1. The highest BCUT2D eigenvalue weighted by atomic mass is 79.9. The topological polar surface area (TPSA) is 57.2 Å². The summed E-state index contributed by atoms with van der Waals surface area (Å²) < 4.78 is 0.990. The van der Waals surface area contributed by atoms with Crippen LogP contribution in [0.4, 0.5) is 0 Å². The Hall–Kier alpha value is -2.11. The van der Waals surface area contributed by atoms with Gasteiger partial charge in [-0.1, -0.05) is 51.8 Å². The first-order chi connectivity index (χ1) is 11.1. The van der Waals surface area contributed by atoms with Gasteiger partial charge in [-0.05, 0) is 36.2 Å². The lowest BCUT2D eigenvalue weighted by molar-refractivity contribution is 0.0950. The number of rotatable bonds is 3. The summed E-state index contributed by atoms with van der Waals surface area (Å²) in [6.07, 6.45) is 1.59. The number of hydrogen-bond acceptors (Lipinski definition) is 2. The van der Waals surface area contributed by atoms with Crippen molar-refractivity contribution in [3.8, 4) is 0 Å². The lowest BCUT2D eigenvalue weighted by Crippen LogP contribution is -2.18. The number of amides is 1. The molecule has 0 bridgehead atoms. The van der Waals surface area contributed by atoms with E-state index in [1.54, 1.807) is 12.3 Å². The summed E-state index contributed by atoms with van der Waals surface area (Å²) in [5, 5.41) is 5.50. The van der Waals surface area contributed by atoms with Gasteiger partial charge in [-0.3, -0.25) is 4.79 Å². The SMILES string of the molecule is Cc1c(C(=O)N/N=C\c2ccc(Br)cc2)[nH]c2c(Cl)cccc12. The zero-order valence-electron chi connectivity index (χ0n) is 12.2. The Kier molecular flexibility index (Phi) is 4.50. The molecule has 0 aliphatic rings. The van der Waals surface area contributed by atoms with Crippen LogP contribution in [0.3, 0.4) is 0 Å². The van der Waals surface area contributed by atoms with Crippen LogP contribution in [0.5, 0.6) is 0 Å². The predicted octanol–water partition coefficient (Wildman–Crippen LogP) is 4.66. The monoisotopic (exact) mass is 389 g/mol. The Morgan fingerprint density at radius 1 is 1.26 bits per heavy atom. The van der Waals surface area contributed by atoms with E-state index in [4.69, 9.17) is 11.6 Å². The fourth-order valence-corrected chi connectivity index (χ4v) is 2.80. The second-order valence-electron chi connectivity index (χ2n) is 5.04. The van der Waals surface area contributed by atoms with Gasteiger partial charge in [0.15, 0.2) is 0 Å². The van der Waals surface area contributed by atoms with E-state index >= 15 is 0 Å². The van der Waals surface area contributed by atoms with Gasteiger partial charge in [-0.2, -0.15) is 5.10 Å². The van der Waals surface area contributed by atoms with E-state index in [1.807, 2.05) is 43.3 Å². The molecule has 23 heavy (non-hydrogen) atoms. The summed E-state index contributed by atoms with van der Waals surface area (Å²) in [5.74, 6) is -0.303. The molecule has 116 valence electrons. The normalized spacial score (nSPS) is 11.3. The van der Waals surface area contributed by atoms with Crippen molar-refractivity contribution >= 4 is 50.6 Å². The largest absolute Gasteiger partial charge is 0.349 e. The number of carbonyl (C=O) groups excluding carboxylic acids is 1. The molecule has 0 radical (unpaired) electrons. The zero-order valence-corrected chi connectivity index (χ0v) is 14.6. The summed E-state index contributed by atoms with van der Waals surface area (Å²) in [6.45, 7) is 1.88. The number of hydrazone groups is 1. The minimum atomic E-state index is -0.303. The van der Waals surface area contributed by atoms with E-state index in [2.05, 4.69) is 31.4 Å². The number of aromatic amines is 1. The molecular weight excluding hydrogens is 378 g/mol. The Morgan fingerprint density at radius 2 is 2.00 bits per heavy atom. The highest BCUT2D eigenvalue weighted by Gasteiger charge is 2.15. The maximum atomic E-state index is 12.3. The van der Waals surface area contributed by atoms with Crippen molar-refractivity contribution in [3.05, 3.63) is 68.8 Å². The second kappa shape index (κ2) is 6.56. The van der Waals surface area contributed by atoms with Gasteiger partial charge in [0, 0.05) is 9.86 Å². The predicted molar refractivity (Wildman–Crippen MR) is 97.2 cm³/mol. The van der Waals surface area contributed by atoms with E-state index < -0.39 is 0 Å². The van der Waals surface area contributed by atoms with Gasteiger partial charge in [0.05, 0.1) is 16.8 Å². The van der Waals surface area contributed by atoms with Crippen LogP contribution >= 0.6 is 27.5 Å². The highest BCUT2D eigenvalue weighted by molar-refractivity contribution is 9.10. The first-order valence-electron chi connectivity index (χ1n) is 6.92. The van der Waals surface area contributed by atoms with E-state index in [9.17, 15) is 4.79 Å². The number of aromatic nitrogens is 1. The third kappa shape index (κ3) is 3.30. The molecule has 0 spiro atoms. The molecule has 1 amide bonds. The molecule has 0 aliphatic carbocycles. The maximum Gasteiger partial charge on any atom is 0.288 e. The summed E-state index contributed by atoms with van der Waals surface area (Å²) in [4.78, 5) is 15.3. The summed E-state index contributed by atoms with van der Waals surface area (Å²) in [7, 11) is 0. The van der Waals surface area contributed by atoms with Crippen molar-refractivity contribution in [1.29, 1.82) is 0 Å². The van der Waals surface area contributed by atoms with Crippen LogP contribution in [0.25, 0.3) is 10.9 Å². The van der Waals surface area contributed by atoms with Crippen molar-refractivity contribution < 1.29 is 4.79 Å². The Balaban J connectivity index is 1.80. The molecular formula is C17H13BrClN3O. The standard InChI is InChI=1S/C17H13BrClN3O/c1-10-13-3-2-4-14(19)16(13)21-15(10)17(23)22-20-9-11-5-7-12(18)8-6-11/h2-9,21H,1H3,(H,22,23)/b20-9-. The fraction of sp³-hybridized carbons (Fsp3) is 0.0588. The van der Waals surface area contributed by atoms with Gasteiger partial charge < -0.3 is 4.98 Å². The van der Waals surface area contributed by atoms with Gasteiger partial charge in [0.2, 0.25) is 0 Å². The van der Waals surface area contributed by atoms with Crippen LogP contribution in [0.2, 0.25) is 5.02 Å². The molecule has 0 unspecified atom stereocenters.